The zero-order chi connectivity index (χ0) is 23.0. The van der Waals surface area contributed by atoms with E-state index in [2.05, 4.69) is 46.7 Å². The predicted molar refractivity (Wildman–Crippen MR) is 140 cm³/mol. The molecule has 9 heteroatoms. The summed E-state index contributed by atoms with van der Waals surface area (Å²) in [5.41, 5.74) is 4.65. The SMILES string of the molecule is COc1ccc(CCNC(=NCC(=O)N(C)C)NC(C)Cc2c(C)nn(C)c2C)cc1.I. The number of aromatic nitrogens is 2. The number of carbonyl (C=O) groups is 1. The van der Waals surface area contributed by atoms with Crippen molar-refractivity contribution in [1.29, 1.82) is 0 Å². The average molecular weight is 556 g/mol. The van der Waals surface area contributed by atoms with Gasteiger partial charge in [-0.25, -0.2) is 4.99 Å². The number of likely N-dealkylation sites (N-methyl/N-ethyl adjacent to an activating group) is 1. The number of methoxy groups -OCH3 is 1. The van der Waals surface area contributed by atoms with Gasteiger partial charge in [0.1, 0.15) is 12.3 Å². The quantitative estimate of drug-likeness (QED) is 0.282. The number of hydrogen-bond acceptors (Lipinski definition) is 4. The molecule has 1 aromatic carbocycles. The van der Waals surface area contributed by atoms with Crippen molar-refractivity contribution in [1.82, 2.24) is 25.3 Å². The molecular weight excluding hydrogens is 519 g/mol. The number of nitrogens with one attached hydrogen (secondary N) is 2. The Hall–Kier alpha value is -2.30. The average Bonchev–Trinajstić information content (AvgIpc) is 2.97. The van der Waals surface area contributed by atoms with Gasteiger partial charge < -0.3 is 20.3 Å². The molecule has 1 aromatic heterocycles. The molecule has 1 atom stereocenters. The minimum Gasteiger partial charge on any atom is -0.497 e. The first-order valence-electron chi connectivity index (χ1n) is 10.6. The van der Waals surface area contributed by atoms with Crippen molar-refractivity contribution in [3.63, 3.8) is 0 Å². The van der Waals surface area contributed by atoms with Gasteiger partial charge in [0, 0.05) is 39.4 Å². The molecule has 0 saturated carbocycles. The molecule has 32 heavy (non-hydrogen) atoms. The number of aryl methyl sites for hydroxylation is 2. The second kappa shape index (κ2) is 13.3. The predicted octanol–water partition coefficient (Wildman–Crippen LogP) is 2.46. The summed E-state index contributed by atoms with van der Waals surface area (Å²) in [4.78, 5) is 18.1. The minimum absolute atomic E-state index is 0. The van der Waals surface area contributed by atoms with Crippen LogP contribution in [0.5, 0.6) is 5.75 Å². The Labute approximate surface area is 208 Å². The first-order chi connectivity index (χ1) is 14.7. The Morgan fingerprint density at radius 2 is 1.91 bits per heavy atom. The van der Waals surface area contributed by atoms with E-state index >= 15 is 0 Å². The van der Waals surface area contributed by atoms with Gasteiger partial charge in [-0.3, -0.25) is 9.48 Å². The van der Waals surface area contributed by atoms with Crippen LogP contribution in [0.4, 0.5) is 0 Å². The molecule has 0 aliphatic heterocycles. The zero-order valence-electron chi connectivity index (χ0n) is 20.2. The van der Waals surface area contributed by atoms with Gasteiger partial charge in [0.15, 0.2) is 5.96 Å². The number of aliphatic imine (C=N–C) groups is 1. The van der Waals surface area contributed by atoms with Gasteiger partial charge in [-0.1, -0.05) is 12.1 Å². The first-order valence-corrected chi connectivity index (χ1v) is 10.6. The van der Waals surface area contributed by atoms with Gasteiger partial charge in [0.25, 0.3) is 0 Å². The molecule has 0 spiro atoms. The van der Waals surface area contributed by atoms with Crippen LogP contribution < -0.4 is 15.4 Å². The van der Waals surface area contributed by atoms with E-state index in [4.69, 9.17) is 4.74 Å². The molecule has 2 N–H and O–H groups in total. The van der Waals surface area contributed by atoms with Gasteiger partial charge in [-0.15, -0.1) is 24.0 Å². The van der Waals surface area contributed by atoms with Crippen LogP contribution in [0.25, 0.3) is 0 Å². The number of nitrogens with zero attached hydrogens (tertiary/aromatic N) is 4. The zero-order valence-corrected chi connectivity index (χ0v) is 22.6. The van der Waals surface area contributed by atoms with E-state index in [0.717, 1.165) is 24.3 Å². The van der Waals surface area contributed by atoms with Gasteiger partial charge in [-0.05, 0) is 56.9 Å². The molecule has 1 heterocycles. The summed E-state index contributed by atoms with van der Waals surface area (Å²) in [6.45, 7) is 7.03. The lowest BCUT2D eigenvalue weighted by Gasteiger charge is -2.19. The van der Waals surface area contributed by atoms with Gasteiger partial charge in [0.2, 0.25) is 5.91 Å². The lowest BCUT2D eigenvalue weighted by atomic mass is 10.1. The van der Waals surface area contributed by atoms with Crippen molar-refractivity contribution in [3.05, 3.63) is 46.8 Å². The number of benzene rings is 1. The summed E-state index contributed by atoms with van der Waals surface area (Å²) in [5, 5.41) is 11.3. The fourth-order valence-corrected chi connectivity index (χ4v) is 3.26. The highest BCUT2D eigenvalue weighted by atomic mass is 127. The molecule has 0 fully saturated rings. The molecule has 0 bridgehead atoms. The monoisotopic (exact) mass is 556 g/mol. The van der Waals surface area contributed by atoms with Gasteiger partial charge in [-0.2, -0.15) is 5.10 Å². The number of guanidine groups is 1. The topological polar surface area (TPSA) is 83.8 Å². The van der Waals surface area contributed by atoms with Crippen molar-refractivity contribution in [3.8, 4) is 5.75 Å². The van der Waals surface area contributed by atoms with Crippen LogP contribution in [0.3, 0.4) is 0 Å². The number of hydrogen-bond donors (Lipinski definition) is 2. The Morgan fingerprint density at radius 1 is 1.25 bits per heavy atom. The van der Waals surface area contributed by atoms with Crippen LogP contribution in [0, 0.1) is 13.8 Å². The number of amides is 1. The molecule has 1 amide bonds. The fourth-order valence-electron chi connectivity index (χ4n) is 3.26. The van der Waals surface area contributed by atoms with Crippen LogP contribution in [-0.2, 0) is 24.7 Å². The second-order valence-corrected chi connectivity index (χ2v) is 8.00. The summed E-state index contributed by atoms with van der Waals surface area (Å²) in [5.74, 6) is 1.44. The molecule has 0 aliphatic carbocycles. The molecule has 0 aliphatic rings. The molecule has 0 radical (unpaired) electrons. The van der Waals surface area contributed by atoms with Crippen LogP contribution in [0.1, 0.15) is 29.4 Å². The Balaban J connectivity index is 0.00000512. The normalized spacial score (nSPS) is 12.0. The number of carbonyl (C=O) groups excluding carboxylic acids is 1. The van der Waals surface area contributed by atoms with E-state index in [0.29, 0.717) is 12.5 Å². The minimum atomic E-state index is -0.0390. The molecule has 178 valence electrons. The highest BCUT2D eigenvalue weighted by Gasteiger charge is 2.14. The van der Waals surface area contributed by atoms with Crippen molar-refractivity contribution in [2.24, 2.45) is 12.0 Å². The molecule has 0 saturated heterocycles. The Bertz CT molecular complexity index is 893. The van der Waals surface area contributed by atoms with Gasteiger partial charge >= 0.3 is 0 Å². The van der Waals surface area contributed by atoms with Crippen molar-refractivity contribution >= 4 is 35.8 Å². The molecule has 8 nitrogen and oxygen atoms in total. The van der Waals surface area contributed by atoms with Crippen molar-refractivity contribution in [2.45, 2.75) is 39.7 Å². The van der Waals surface area contributed by atoms with E-state index in [1.165, 1.54) is 16.8 Å². The van der Waals surface area contributed by atoms with Crippen LogP contribution in [0.2, 0.25) is 0 Å². The smallest absolute Gasteiger partial charge is 0.243 e. The number of halogens is 1. The fraction of sp³-hybridized carbons (Fsp3) is 0.522. The Morgan fingerprint density at radius 3 is 2.44 bits per heavy atom. The molecular formula is C23H37IN6O2. The van der Waals surface area contributed by atoms with Crippen LogP contribution in [-0.4, -0.2) is 66.9 Å². The highest BCUT2D eigenvalue weighted by Crippen LogP contribution is 2.14. The summed E-state index contributed by atoms with van der Waals surface area (Å²) in [6, 6.07) is 8.15. The number of rotatable bonds is 9. The maximum atomic E-state index is 12.0. The van der Waals surface area contributed by atoms with Crippen molar-refractivity contribution < 1.29 is 9.53 Å². The standard InChI is InChI=1S/C23H36N6O2.HI/c1-16(14-21-17(2)27-29(6)18(21)3)26-23(25-15-22(30)28(4)5)24-13-12-19-8-10-20(31-7)11-9-19;/h8-11,16H,12-15H2,1-7H3,(H2,24,25,26);1H. The number of ether oxygens (including phenoxy) is 1. The van der Waals surface area contributed by atoms with E-state index in [1.807, 2.05) is 30.8 Å². The van der Waals surface area contributed by atoms with E-state index < -0.39 is 0 Å². The lowest BCUT2D eigenvalue weighted by Crippen LogP contribution is -2.44. The molecule has 2 aromatic rings. The van der Waals surface area contributed by atoms with E-state index in [9.17, 15) is 4.79 Å². The highest BCUT2D eigenvalue weighted by molar-refractivity contribution is 14.0. The van der Waals surface area contributed by atoms with E-state index in [-0.39, 0.29) is 42.5 Å². The van der Waals surface area contributed by atoms with Gasteiger partial charge in [0.05, 0.1) is 12.8 Å². The maximum Gasteiger partial charge on any atom is 0.243 e. The van der Waals surface area contributed by atoms with Crippen molar-refractivity contribution in [2.75, 3.05) is 34.3 Å². The summed E-state index contributed by atoms with van der Waals surface area (Å²) in [7, 11) is 7.09. The van der Waals surface area contributed by atoms with Crippen LogP contribution >= 0.6 is 24.0 Å². The third kappa shape index (κ3) is 8.33. The Kier molecular flexibility index (Phi) is 11.5. The second-order valence-electron chi connectivity index (χ2n) is 8.00. The molecule has 1 unspecified atom stereocenters. The third-order valence-electron chi connectivity index (χ3n) is 5.29. The maximum absolute atomic E-state index is 12.0. The third-order valence-corrected chi connectivity index (χ3v) is 5.29. The summed E-state index contributed by atoms with van der Waals surface area (Å²) in [6.07, 6.45) is 1.66. The first kappa shape index (κ1) is 27.7. The summed E-state index contributed by atoms with van der Waals surface area (Å²) < 4.78 is 7.12. The van der Waals surface area contributed by atoms with E-state index in [1.54, 1.807) is 26.1 Å². The lowest BCUT2D eigenvalue weighted by molar-refractivity contribution is -0.127. The summed E-state index contributed by atoms with van der Waals surface area (Å²) >= 11 is 0. The molecule has 2 rings (SSSR count). The largest absolute Gasteiger partial charge is 0.497 e. The van der Waals surface area contributed by atoms with Crippen LogP contribution in [0.15, 0.2) is 29.3 Å².